The molecule has 1 fully saturated rings. The highest BCUT2D eigenvalue weighted by atomic mass is 16.6. The molecule has 0 N–H and O–H groups in total. The largest absolute Gasteiger partial charge is 0.348 e. The van der Waals surface area contributed by atoms with Gasteiger partial charge < -0.3 is 9.64 Å². The molecule has 4 heteroatoms. The van der Waals surface area contributed by atoms with Gasteiger partial charge in [0.05, 0.1) is 11.6 Å². The fourth-order valence-electron chi connectivity index (χ4n) is 3.86. The van der Waals surface area contributed by atoms with Crippen LogP contribution in [0.3, 0.4) is 0 Å². The van der Waals surface area contributed by atoms with Crippen molar-refractivity contribution in [3.63, 3.8) is 0 Å². The number of rotatable bonds is 3. The van der Waals surface area contributed by atoms with Gasteiger partial charge in [0, 0.05) is 6.07 Å². The Bertz CT molecular complexity index is 768. The van der Waals surface area contributed by atoms with Gasteiger partial charge in [-0.25, -0.2) is 4.57 Å². The van der Waals surface area contributed by atoms with E-state index in [9.17, 15) is 4.79 Å². The molecule has 1 atom stereocenters. The van der Waals surface area contributed by atoms with Crippen molar-refractivity contribution in [2.45, 2.75) is 51.5 Å². The van der Waals surface area contributed by atoms with Gasteiger partial charge in [-0.15, -0.1) is 0 Å². The molecule has 0 spiro atoms. The zero-order valence-electron chi connectivity index (χ0n) is 15.7. The van der Waals surface area contributed by atoms with Crippen molar-refractivity contribution in [3.05, 3.63) is 66.0 Å². The molecule has 1 aromatic carbocycles. The van der Waals surface area contributed by atoms with E-state index in [1.807, 2.05) is 73.1 Å². The minimum Gasteiger partial charge on any atom is -0.348 e. The lowest BCUT2D eigenvalue weighted by molar-refractivity contribution is -0.671. The van der Waals surface area contributed by atoms with Crippen molar-refractivity contribution in [1.82, 2.24) is 4.90 Å². The van der Waals surface area contributed by atoms with Gasteiger partial charge in [0.2, 0.25) is 0 Å². The lowest BCUT2D eigenvalue weighted by Gasteiger charge is -2.34. The fraction of sp³-hybridized carbons (Fsp3) is 0.429. The number of benzene rings is 1. The van der Waals surface area contributed by atoms with E-state index < -0.39 is 11.3 Å². The molecule has 1 aromatic heterocycles. The van der Waals surface area contributed by atoms with Gasteiger partial charge in [-0.2, -0.15) is 0 Å². The van der Waals surface area contributed by atoms with Crippen LogP contribution in [0.15, 0.2) is 54.9 Å². The standard InChI is InChI=1S/C21H27N2O2/c1-20(2)18(14-16-10-7-6-8-11-16)23(21(3,4)25-20)19(24)17-12-9-13-22(5)15-17/h6-13,15,18H,14H2,1-5H3/q+1/t18-/m0/s1. The number of nitrogens with zero attached hydrogens (tertiary/aromatic N) is 2. The van der Waals surface area contributed by atoms with Crippen LogP contribution in [0.4, 0.5) is 0 Å². The van der Waals surface area contributed by atoms with Crippen LogP contribution in [0.1, 0.15) is 43.6 Å². The van der Waals surface area contributed by atoms with E-state index in [1.165, 1.54) is 5.56 Å². The average Bonchev–Trinajstić information content (AvgIpc) is 2.71. The van der Waals surface area contributed by atoms with E-state index in [0.717, 1.165) is 6.42 Å². The van der Waals surface area contributed by atoms with Crippen LogP contribution in [0.5, 0.6) is 0 Å². The summed E-state index contributed by atoms with van der Waals surface area (Å²) in [6, 6.07) is 14.0. The molecule has 1 amide bonds. The van der Waals surface area contributed by atoms with Crippen LogP contribution in [0.25, 0.3) is 0 Å². The predicted octanol–water partition coefficient (Wildman–Crippen LogP) is 3.11. The van der Waals surface area contributed by atoms with Gasteiger partial charge in [0.15, 0.2) is 12.4 Å². The molecular weight excluding hydrogens is 312 g/mol. The number of hydrogen-bond acceptors (Lipinski definition) is 2. The Balaban J connectivity index is 1.99. The molecule has 4 nitrogen and oxygen atoms in total. The topological polar surface area (TPSA) is 33.4 Å². The first-order chi connectivity index (χ1) is 11.7. The minimum atomic E-state index is -0.658. The number of aromatic nitrogens is 1. The highest BCUT2D eigenvalue weighted by molar-refractivity contribution is 5.94. The Morgan fingerprint density at radius 3 is 2.44 bits per heavy atom. The minimum absolute atomic E-state index is 0.00714. The Morgan fingerprint density at radius 1 is 1.12 bits per heavy atom. The zero-order chi connectivity index (χ0) is 18.2. The third-order valence-electron chi connectivity index (χ3n) is 4.88. The molecule has 0 aliphatic carbocycles. The highest BCUT2D eigenvalue weighted by Gasteiger charge is 2.54. The van der Waals surface area contributed by atoms with Crippen LogP contribution in [0, 0.1) is 0 Å². The maximum absolute atomic E-state index is 13.3. The summed E-state index contributed by atoms with van der Waals surface area (Å²) < 4.78 is 8.20. The zero-order valence-corrected chi connectivity index (χ0v) is 15.7. The fourth-order valence-corrected chi connectivity index (χ4v) is 3.86. The number of carbonyl (C=O) groups excluding carboxylic acids is 1. The molecule has 0 radical (unpaired) electrons. The van der Waals surface area contributed by atoms with Crippen LogP contribution in [0.2, 0.25) is 0 Å². The van der Waals surface area contributed by atoms with Crippen molar-refractivity contribution in [2.24, 2.45) is 7.05 Å². The molecule has 3 rings (SSSR count). The van der Waals surface area contributed by atoms with Crippen LogP contribution < -0.4 is 4.57 Å². The molecule has 132 valence electrons. The molecule has 1 aliphatic rings. The highest BCUT2D eigenvalue weighted by Crippen LogP contribution is 2.41. The Morgan fingerprint density at radius 2 is 1.80 bits per heavy atom. The number of aryl methyl sites for hydroxylation is 1. The van der Waals surface area contributed by atoms with E-state index in [4.69, 9.17) is 4.74 Å². The summed E-state index contributed by atoms with van der Waals surface area (Å²) in [6.07, 6.45) is 4.55. The van der Waals surface area contributed by atoms with E-state index in [-0.39, 0.29) is 11.9 Å². The van der Waals surface area contributed by atoms with Gasteiger partial charge in [-0.05, 0) is 45.7 Å². The quantitative estimate of drug-likeness (QED) is 0.805. The second-order valence-electron chi connectivity index (χ2n) is 7.79. The summed E-state index contributed by atoms with van der Waals surface area (Å²) in [7, 11) is 1.92. The van der Waals surface area contributed by atoms with E-state index in [2.05, 4.69) is 26.0 Å². The van der Waals surface area contributed by atoms with Crippen molar-refractivity contribution in [1.29, 1.82) is 0 Å². The molecule has 0 saturated carbocycles. The van der Waals surface area contributed by atoms with E-state index in [0.29, 0.717) is 5.56 Å². The molecule has 2 aromatic rings. The number of carbonyl (C=O) groups is 1. The van der Waals surface area contributed by atoms with Crippen molar-refractivity contribution >= 4 is 5.91 Å². The van der Waals surface area contributed by atoms with Crippen molar-refractivity contribution < 1.29 is 14.1 Å². The third kappa shape index (κ3) is 3.45. The number of pyridine rings is 1. The van der Waals surface area contributed by atoms with Gasteiger partial charge in [-0.1, -0.05) is 30.3 Å². The maximum Gasteiger partial charge on any atom is 0.262 e. The molecule has 25 heavy (non-hydrogen) atoms. The number of amides is 1. The van der Waals surface area contributed by atoms with Crippen molar-refractivity contribution in [2.75, 3.05) is 0 Å². The van der Waals surface area contributed by atoms with Gasteiger partial charge >= 0.3 is 0 Å². The molecule has 0 bridgehead atoms. The second kappa shape index (κ2) is 6.26. The summed E-state index contributed by atoms with van der Waals surface area (Å²) in [4.78, 5) is 15.2. The second-order valence-corrected chi connectivity index (χ2v) is 7.79. The molecule has 0 unspecified atom stereocenters. The van der Waals surface area contributed by atoms with Crippen LogP contribution >= 0.6 is 0 Å². The predicted molar refractivity (Wildman–Crippen MR) is 97.0 cm³/mol. The SMILES string of the molecule is C[n+]1cccc(C(=O)N2[C@@H](Cc3ccccc3)C(C)(C)OC2(C)C)c1. The lowest BCUT2D eigenvalue weighted by Crippen LogP contribution is -2.50. The molecule has 1 aliphatic heterocycles. The summed E-state index contributed by atoms with van der Waals surface area (Å²) in [5.41, 5.74) is 0.802. The maximum atomic E-state index is 13.3. The smallest absolute Gasteiger partial charge is 0.262 e. The summed E-state index contributed by atoms with van der Waals surface area (Å²) in [5.74, 6) is 0.00714. The van der Waals surface area contributed by atoms with Crippen LogP contribution in [-0.2, 0) is 18.2 Å². The average molecular weight is 339 g/mol. The number of hydrogen-bond donors (Lipinski definition) is 0. The van der Waals surface area contributed by atoms with Gasteiger partial charge in [-0.3, -0.25) is 4.79 Å². The lowest BCUT2D eigenvalue weighted by atomic mass is 9.91. The first-order valence-corrected chi connectivity index (χ1v) is 8.74. The number of ether oxygens (including phenoxy) is 1. The van der Waals surface area contributed by atoms with Crippen molar-refractivity contribution in [3.8, 4) is 0 Å². The van der Waals surface area contributed by atoms with E-state index >= 15 is 0 Å². The summed E-state index contributed by atoms with van der Waals surface area (Å²) >= 11 is 0. The summed E-state index contributed by atoms with van der Waals surface area (Å²) in [5, 5.41) is 0. The van der Waals surface area contributed by atoms with Gasteiger partial charge in [0.1, 0.15) is 18.3 Å². The monoisotopic (exact) mass is 339 g/mol. The first kappa shape index (κ1) is 17.6. The molecule has 2 heterocycles. The summed E-state index contributed by atoms with van der Waals surface area (Å²) in [6.45, 7) is 8.09. The Hall–Kier alpha value is -2.20. The van der Waals surface area contributed by atoms with Gasteiger partial charge in [0.25, 0.3) is 5.91 Å². The molecular formula is C21H27N2O2+. The van der Waals surface area contributed by atoms with E-state index in [1.54, 1.807) is 0 Å². The Labute approximate surface area is 150 Å². The molecule has 1 saturated heterocycles. The first-order valence-electron chi connectivity index (χ1n) is 8.74. The third-order valence-corrected chi connectivity index (χ3v) is 4.88. The Kier molecular flexibility index (Phi) is 4.41. The normalized spacial score (nSPS) is 21.3. The van der Waals surface area contributed by atoms with Crippen LogP contribution in [-0.4, -0.2) is 28.2 Å².